The van der Waals surface area contributed by atoms with Crippen LogP contribution in [0.15, 0.2) is 0 Å². The Morgan fingerprint density at radius 3 is 2.45 bits per heavy atom. The number of urea groups is 1. The molecule has 0 bridgehead atoms. The van der Waals surface area contributed by atoms with Crippen molar-refractivity contribution in [1.82, 2.24) is 10.6 Å². The topological polar surface area (TPSA) is 78.4 Å². The summed E-state index contributed by atoms with van der Waals surface area (Å²) in [6.07, 6.45) is 3.36. The van der Waals surface area contributed by atoms with Gasteiger partial charge in [-0.2, -0.15) is 0 Å². The highest BCUT2D eigenvalue weighted by Crippen LogP contribution is 2.29. The molecule has 0 aromatic heterocycles. The molecule has 0 spiro atoms. The van der Waals surface area contributed by atoms with Gasteiger partial charge in [-0.3, -0.25) is 4.79 Å². The van der Waals surface area contributed by atoms with Gasteiger partial charge in [-0.05, 0) is 24.2 Å². The monoisotopic (exact) mass is 284 g/mol. The van der Waals surface area contributed by atoms with E-state index in [1.54, 1.807) is 0 Å². The fraction of sp³-hybridized carbons (Fsp3) is 0.867. The maximum atomic E-state index is 11.9. The Hall–Kier alpha value is -1.26. The lowest BCUT2D eigenvalue weighted by atomic mass is 9.78. The first-order valence-corrected chi connectivity index (χ1v) is 7.60. The molecule has 1 aliphatic carbocycles. The van der Waals surface area contributed by atoms with E-state index in [4.69, 9.17) is 5.11 Å². The Kier molecular flexibility index (Phi) is 6.30. The van der Waals surface area contributed by atoms with Crippen LogP contribution in [0, 0.1) is 23.7 Å². The molecule has 1 fully saturated rings. The minimum absolute atomic E-state index is 0.00132. The molecule has 5 heteroatoms. The molecular weight excluding hydrogens is 256 g/mol. The maximum absolute atomic E-state index is 11.9. The first-order chi connectivity index (χ1) is 9.32. The van der Waals surface area contributed by atoms with Crippen LogP contribution >= 0.6 is 0 Å². The summed E-state index contributed by atoms with van der Waals surface area (Å²) in [6.45, 7) is 8.26. The molecule has 0 aromatic carbocycles. The van der Waals surface area contributed by atoms with Crippen molar-refractivity contribution in [1.29, 1.82) is 0 Å². The first kappa shape index (κ1) is 16.8. The predicted molar refractivity (Wildman–Crippen MR) is 78.5 cm³/mol. The molecule has 5 nitrogen and oxygen atoms in total. The second-order valence-corrected chi connectivity index (χ2v) is 6.42. The highest BCUT2D eigenvalue weighted by atomic mass is 16.4. The summed E-state index contributed by atoms with van der Waals surface area (Å²) in [5.41, 5.74) is 0. The van der Waals surface area contributed by atoms with Gasteiger partial charge >= 0.3 is 12.0 Å². The third-order valence-electron chi connectivity index (χ3n) is 4.63. The second kappa shape index (κ2) is 7.50. The molecule has 4 atom stereocenters. The Morgan fingerprint density at radius 2 is 1.90 bits per heavy atom. The lowest BCUT2D eigenvalue weighted by molar-refractivity contribution is -0.142. The van der Waals surface area contributed by atoms with Crippen LogP contribution in [0.4, 0.5) is 4.79 Å². The minimum atomic E-state index is -0.861. The molecule has 2 amide bonds. The van der Waals surface area contributed by atoms with Gasteiger partial charge in [-0.25, -0.2) is 4.79 Å². The van der Waals surface area contributed by atoms with Crippen LogP contribution in [0.2, 0.25) is 0 Å². The van der Waals surface area contributed by atoms with Crippen LogP contribution in [-0.2, 0) is 4.79 Å². The number of aliphatic carboxylic acids is 1. The Balaban J connectivity index is 2.41. The van der Waals surface area contributed by atoms with Crippen LogP contribution in [-0.4, -0.2) is 29.7 Å². The molecule has 1 saturated carbocycles. The van der Waals surface area contributed by atoms with Crippen LogP contribution in [0.1, 0.15) is 47.0 Å². The smallest absolute Gasteiger partial charge is 0.315 e. The molecule has 20 heavy (non-hydrogen) atoms. The van der Waals surface area contributed by atoms with Gasteiger partial charge in [0.1, 0.15) is 0 Å². The number of nitrogens with one attached hydrogen (secondary N) is 2. The standard InChI is InChI=1S/C15H28N2O3/c1-9(2)12(14(18)19)8-16-15(20)17-13-7-5-6-10(3)11(13)4/h9-13H,5-8H2,1-4H3,(H,18,19)(H2,16,17,20). The molecule has 0 aliphatic heterocycles. The molecule has 0 radical (unpaired) electrons. The number of carboxylic acids is 1. The van der Waals surface area contributed by atoms with Crippen molar-refractivity contribution in [2.45, 2.75) is 53.0 Å². The van der Waals surface area contributed by atoms with E-state index in [0.29, 0.717) is 11.8 Å². The summed E-state index contributed by atoms with van der Waals surface area (Å²) < 4.78 is 0. The summed E-state index contributed by atoms with van der Waals surface area (Å²) in [5.74, 6) is -0.309. The first-order valence-electron chi connectivity index (χ1n) is 7.60. The number of hydrogen-bond donors (Lipinski definition) is 3. The van der Waals surface area contributed by atoms with Crippen LogP contribution in [0.5, 0.6) is 0 Å². The molecule has 4 unspecified atom stereocenters. The van der Waals surface area contributed by atoms with Gasteiger partial charge < -0.3 is 15.7 Å². The summed E-state index contributed by atoms with van der Waals surface area (Å²) in [7, 11) is 0. The van der Waals surface area contributed by atoms with Crippen LogP contribution < -0.4 is 10.6 Å². The van der Waals surface area contributed by atoms with Crippen molar-refractivity contribution in [2.24, 2.45) is 23.7 Å². The molecule has 1 aliphatic rings. The highest BCUT2D eigenvalue weighted by Gasteiger charge is 2.28. The van der Waals surface area contributed by atoms with E-state index in [-0.39, 0.29) is 24.5 Å². The van der Waals surface area contributed by atoms with E-state index < -0.39 is 11.9 Å². The normalized spacial score (nSPS) is 27.9. The van der Waals surface area contributed by atoms with Crippen molar-refractivity contribution in [3.05, 3.63) is 0 Å². The van der Waals surface area contributed by atoms with Gasteiger partial charge in [0.25, 0.3) is 0 Å². The van der Waals surface area contributed by atoms with E-state index in [9.17, 15) is 9.59 Å². The zero-order chi connectivity index (χ0) is 15.3. The summed E-state index contributed by atoms with van der Waals surface area (Å²) in [4.78, 5) is 23.0. The van der Waals surface area contributed by atoms with Crippen molar-refractivity contribution in [3.63, 3.8) is 0 Å². The largest absolute Gasteiger partial charge is 0.481 e. The second-order valence-electron chi connectivity index (χ2n) is 6.42. The number of rotatable bonds is 5. The Labute approximate surface area is 121 Å². The summed E-state index contributed by atoms with van der Waals surface area (Å²) >= 11 is 0. The maximum Gasteiger partial charge on any atom is 0.315 e. The number of amides is 2. The fourth-order valence-electron chi connectivity index (χ4n) is 2.82. The van der Waals surface area contributed by atoms with Gasteiger partial charge in [0.2, 0.25) is 0 Å². The zero-order valence-electron chi connectivity index (χ0n) is 13.0. The third-order valence-corrected chi connectivity index (χ3v) is 4.63. The van der Waals surface area contributed by atoms with E-state index in [1.165, 1.54) is 6.42 Å². The predicted octanol–water partition coefficient (Wildman–Crippen LogP) is 2.47. The lowest BCUT2D eigenvalue weighted by Crippen LogP contribution is -2.49. The van der Waals surface area contributed by atoms with Gasteiger partial charge in [-0.15, -0.1) is 0 Å². The molecule has 0 heterocycles. The number of carbonyl (C=O) groups excluding carboxylic acids is 1. The van der Waals surface area contributed by atoms with Crippen LogP contribution in [0.25, 0.3) is 0 Å². The molecule has 1 rings (SSSR count). The molecule has 3 N–H and O–H groups in total. The van der Waals surface area contributed by atoms with Gasteiger partial charge in [-0.1, -0.05) is 40.5 Å². The lowest BCUT2D eigenvalue weighted by Gasteiger charge is -2.34. The Bertz CT molecular complexity index is 344. The van der Waals surface area contributed by atoms with Crippen molar-refractivity contribution >= 4 is 12.0 Å². The average molecular weight is 284 g/mol. The van der Waals surface area contributed by atoms with E-state index in [1.807, 2.05) is 13.8 Å². The SMILES string of the molecule is CC(C)C(CNC(=O)NC1CCCC(C)C1C)C(=O)O. The molecule has 0 aromatic rings. The molecule has 0 saturated heterocycles. The molecular formula is C15H28N2O3. The van der Waals surface area contributed by atoms with Crippen LogP contribution in [0.3, 0.4) is 0 Å². The van der Waals surface area contributed by atoms with Crippen molar-refractivity contribution in [3.8, 4) is 0 Å². The number of hydrogen-bond acceptors (Lipinski definition) is 2. The molecule has 116 valence electrons. The summed E-state index contributed by atoms with van der Waals surface area (Å²) in [5, 5.41) is 14.8. The van der Waals surface area contributed by atoms with Gasteiger partial charge in [0.15, 0.2) is 0 Å². The van der Waals surface area contributed by atoms with E-state index in [0.717, 1.165) is 12.8 Å². The third kappa shape index (κ3) is 4.69. The Morgan fingerprint density at radius 1 is 1.25 bits per heavy atom. The minimum Gasteiger partial charge on any atom is -0.481 e. The number of carboxylic acid groups (broad SMARTS) is 1. The average Bonchev–Trinajstić information content (AvgIpc) is 2.34. The van der Waals surface area contributed by atoms with E-state index in [2.05, 4.69) is 24.5 Å². The summed E-state index contributed by atoms with van der Waals surface area (Å²) in [6, 6.07) is -0.0519. The van der Waals surface area contributed by atoms with Crippen molar-refractivity contribution in [2.75, 3.05) is 6.54 Å². The highest BCUT2D eigenvalue weighted by molar-refractivity contribution is 5.76. The fourth-order valence-corrected chi connectivity index (χ4v) is 2.82. The van der Waals surface area contributed by atoms with E-state index >= 15 is 0 Å². The van der Waals surface area contributed by atoms with Gasteiger partial charge in [0.05, 0.1) is 5.92 Å². The van der Waals surface area contributed by atoms with Gasteiger partial charge in [0, 0.05) is 12.6 Å². The quantitative estimate of drug-likeness (QED) is 0.725. The zero-order valence-corrected chi connectivity index (χ0v) is 13.0. The number of carbonyl (C=O) groups is 2. The van der Waals surface area contributed by atoms with Crippen molar-refractivity contribution < 1.29 is 14.7 Å².